The lowest BCUT2D eigenvalue weighted by Crippen LogP contribution is -2.37. The number of hydrogen-bond donors (Lipinski definition) is 2. The topological polar surface area (TPSA) is 67.4 Å². The summed E-state index contributed by atoms with van der Waals surface area (Å²) in [5.74, 6) is 0.204. The Bertz CT molecular complexity index is 572. The van der Waals surface area contributed by atoms with Crippen LogP contribution in [0.4, 0.5) is 5.69 Å². The van der Waals surface area contributed by atoms with Crippen LogP contribution in [0.1, 0.15) is 24.0 Å². The minimum Gasteiger partial charge on any atom is -0.495 e. The molecule has 1 unspecified atom stereocenters. The lowest BCUT2D eigenvalue weighted by atomic mass is 10.1. The van der Waals surface area contributed by atoms with Gasteiger partial charge in [0.1, 0.15) is 11.8 Å². The van der Waals surface area contributed by atoms with E-state index in [4.69, 9.17) is 16.3 Å². The van der Waals surface area contributed by atoms with Crippen molar-refractivity contribution >= 4 is 29.1 Å². The van der Waals surface area contributed by atoms with Crippen molar-refractivity contribution in [2.45, 2.75) is 32.7 Å². The summed E-state index contributed by atoms with van der Waals surface area (Å²) >= 11 is 6.20. The molecule has 5 nitrogen and oxygen atoms in total. The number of rotatable bonds is 3. The van der Waals surface area contributed by atoms with Gasteiger partial charge in [-0.3, -0.25) is 9.59 Å². The molecule has 2 N–H and O–H groups in total. The van der Waals surface area contributed by atoms with Gasteiger partial charge in [0.2, 0.25) is 11.8 Å². The van der Waals surface area contributed by atoms with E-state index in [2.05, 4.69) is 10.6 Å². The fourth-order valence-corrected chi connectivity index (χ4v) is 2.41. The molecule has 2 amide bonds. The van der Waals surface area contributed by atoms with Gasteiger partial charge in [-0.2, -0.15) is 0 Å². The second kappa shape index (κ2) is 5.71. The average Bonchev–Trinajstić information content (AvgIpc) is 2.85. The summed E-state index contributed by atoms with van der Waals surface area (Å²) in [4.78, 5) is 23.3. The van der Waals surface area contributed by atoms with Crippen LogP contribution in [0.3, 0.4) is 0 Å². The van der Waals surface area contributed by atoms with E-state index in [1.54, 1.807) is 6.07 Å². The summed E-state index contributed by atoms with van der Waals surface area (Å²) in [5.41, 5.74) is 2.18. The summed E-state index contributed by atoms with van der Waals surface area (Å²) in [6.07, 6.45) is 0.883. The number of ether oxygens (including phenoxy) is 1. The molecule has 20 heavy (non-hydrogen) atoms. The van der Waals surface area contributed by atoms with Crippen LogP contribution in [-0.2, 0) is 9.59 Å². The Labute approximate surface area is 122 Å². The molecular weight excluding hydrogens is 280 g/mol. The minimum absolute atomic E-state index is 0.101. The summed E-state index contributed by atoms with van der Waals surface area (Å²) < 4.78 is 5.29. The molecule has 0 bridgehead atoms. The van der Waals surface area contributed by atoms with Gasteiger partial charge in [0.05, 0.1) is 12.8 Å². The Kier molecular flexibility index (Phi) is 4.18. The first-order valence-electron chi connectivity index (χ1n) is 6.38. The normalized spacial score (nSPS) is 17.8. The highest BCUT2D eigenvalue weighted by Crippen LogP contribution is 2.36. The number of hydrogen-bond acceptors (Lipinski definition) is 3. The number of carbonyl (C=O) groups excluding carboxylic acids is 2. The molecule has 0 saturated carbocycles. The maximum atomic E-state index is 12.2. The highest BCUT2D eigenvalue weighted by Gasteiger charge is 2.28. The van der Waals surface area contributed by atoms with Crippen molar-refractivity contribution in [1.29, 1.82) is 0 Å². The Balaban J connectivity index is 2.26. The number of amides is 2. The zero-order chi connectivity index (χ0) is 14.9. The van der Waals surface area contributed by atoms with Gasteiger partial charge in [0.15, 0.2) is 0 Å². The van der Waals surface area contributed by atoms with Crippen LogP contribution in [0.15, 0.2) is 6.07 Å². The molecule has 2 rings (SSSR count). The van der Waals surface area contributed by atoms with Gasteiger partial charge < -0.3 is 15.4 Å². The number of carbonyl (C=O) groups is 2. The van der Waals surface area contributed by atoms with Crippen molar-refractivity contribution in [1.82, 2.24) is 5.32 Å². The standard InChI is InChI=1S/C14H17ClN2O3/c1-7-6-10(20-3)13(8(2)12(7)15)17-14(19)9-4-5-11(18)16-9/h6,9H,4-5H2,1-3H3,(H,16,18)(H,17,19). The zero-order valence-electron chi connectivity index (χ0n) is 11.7. The van der Waals surface area contributed by atoms with E-state index < -0.39 is 6.04 Å². The number of methoxy groups -OCH3 is 1. The third kappa shape index (κ3) is 2.72. The lowest BCUT2D eigenvalue weighted by Gasteiger charge is -2.17. The third-order valence-corrected chi connectivity index (χ3v) is 4.01. The predicted molar refractivity (Wildman–Crippen MR) is 77.3 cm³/mol. The summed E-state index contributed by atoms with van der Waals surface area (Å²) in [6, 6.07) is 1.28. The van der Waals surface area contributed by atoms with Crippen LogP contribution < -0.4 is 15.4 Å². The molecule has 1 aliphatic rings. The average molecular weight is 297 g/mol. The molecule has 1 heterocycles. The number of anilines is 1. The lowest BCUT2D eigenvalue weighted by molar-refractivity contribution is -0.122. The number of aryl methyl sites for hydroxylation is 1. The van der Waals surface area contributed by atoms with E-state index in [-0.39, 0.29) is 11.8 Å². The maximum Gasteiger partial charge on any atom is 0.247 e. The molecule has 1 aromatic carbocycles. The molecule has 1 aromatic rings. The second-order valence-corrected chi connectivity index (χ2v) is 5.24. The quantitative estimate of drug-likeness (QED) is 0.898. The molecule has 108 valence electrons. The van der Waals surface area contributed by atoms with Crippen molar-refractivity contribution < 1.29 is 14.3 Å². The molecule has 1 fully saturated rings. The van der Waals surface area contributed by atoms with Crippen molar-refractivity contribution in [3.63, 3.8) is 0 Å². The number of nitrogens with one attached hydrogen (secondary N) is 2. The minimum atomic E-state index is -0.494. The SMILES string of the molecule is COc1cc(C)c(Cl)c(C)c1NC(=O)C1CCC(=O)N1. The van der Waals surface area contributed by atoms with Gasteiger partial charge in [0.25, 0.3) is 0 Å². The molecule has 0 spiro atoms. The van der Waals surface area contributed by atoms with Crippen LogP contribution in [0.5, 0.6) is 5.75 Å². The Morgan fingerprint density at radius 2 is 2.20 bits per heavy atom. The van der Waals surface area contributed by atoms with E-state index in [1.165, 1.54) is 7.11 Å². The van der Waals surface area contributed by atoms with E-state index >= 15 is 0 Å². The monoisotopic (exact) mass is 296 g/mol. The van der Waals surface area contributed by atoms with Crippen molar-refractivity contribution in [2.75, 3.05) is 12.4 Å². The van der Waals surface area contributed by atoms with Gasteiger partial charge >= 0.3 is 0 Å². The van der Waals surface area contributed by atoms with Crippen LogP contribution in [0.2, 0.25) is 5.02 Å². The van der Waals surface area contributed by atoms with Gasteiger partial charge in [-0.1, -0.05) is 11.6 Å². The molecule has 6 heteroatoms. The highest BCUT2D eigenvalue weighted by molar-refractivity contribution is 6.32. The van der Waals surface area contributed by atoms with Crippen LogP contribution in [-0.4, -0.2) is 25.0 Å². The first-order valence-corrected chi connectivity index (χ1v) is 6.75. The van der Waals surface area contributed by atoms with Gasteiger partial charge in [-0.15, -0.1) is 0 Å². The number of halogens is 1. The summed E-state index contributed by atoms with van der Waals surface area (Å²) in [7, 11) is 1.54. The highest BCUT2D eigenvalue weighted by atomic mass is 35.5. The van der Waals surface area contributed by atoms with Crippen molar-refractivity contribution in [3.8, 4) is 5.75 Å². The molecule has 1 atom stereocenters. The maximum absolute atomic E-state index is 12.2. The molecule has 0 aromatic heterocycles. The smallest absolute Gasteiger partial charge is 0.247 e. The summed E-state index contributed by atoms with van der Waals surface area (Å²) in [6.45, 7) is 3.70. The van der Waals surface area contributed by atoms with E-state index in [0.717, 1.165) is 11.1 Å². The summed E-state index contributed by atoms with van der Waals surface area (Å²) in [5, 5.41) is 6.02. The molecule has 1 aliphatic heterocycles. The largest absolute Gasteiger partial charge is 0.495 e. The van der Waals surface area contributed by atoms with Gasteiger partial charge in [-0.25, -0.2) is 0 Å². The fourth-order valence-electron chi connectivity index (χ4n) is 2.26. The molecule has 0 aliphatic carbocycles. The fraction of sp³-hybridized carbons (Fsp3) is 0.429. The van der Waals surface area contributed by atoms with Crippen molar-refractivity contribution in [3.05, 3.63) is 22.2 Å². The molecule has 0 radical (unpaired) electrons. The van der Waals surface area contributed by atoms with Crippen LogP contribution in [0, 0.1) is 13.8 Å². The van der Waals surface area contributed by atoms with Gasteiger partial charge in [0, 0.05) is 11.4 Å². The first-order chi connectivity index (χ1) is 9.43. The van der Waals surface area contributed by atoms with E-state index in [0.29, 0.717) is 29.3 Å². The molecular formula is C14H17ClN2O3. The van der Waals surface area contributed by atoms with Crippen LogP contribution in [0.25, 0.3) is 0 Å². The number of benzene rings is 1. The van der Waals surface area contributed by atoms with Crippen molar-refractivity contribution in [2.24, 2.45) is 0 Å². The van der Waals surface area contributed by atoms with E-state index in [9.17, 15) is 9.59 Å². The first kappa shape index (κ1) is 14.7. The second-order valence-electron chi connectivity index (χ2n) is 4.86. The van der Waals surface area contributed by atoms with Crippen LogP contribution >= 0.6 is 11.6 Å². The Morgan fingerprint density at radius 3 is 2.75 bits per heavy atom. The predicted octanol–water partition coefficient (Wildman–Crippen LogP) is 2.18. The zero-order valence-corrected chi connectivity index (χ0v) is 12.4. The Hall–Kier alpha value is -1.75. The Morgan fingerprint density at radius 1 is 1.50 bits per heavy atom. The third-order valence-electron chi connectivity index (χ3n) is 3.42. The van der Waals surface area contributed by atoms with Gasteiger partial charge in [-0.05, 0) is 37.5 Å². The molecule has 1 saturated heterocycles. The van der Waals surface area contributed by atoms with E-state index in [1.807, 2.05) is 13.8 Å².